The Morgan fingerprint density at radius 3 is 3.14 bits per heavy atom. The summed E-state index contributed by atoms with van der Waals surface area (Å²) in [6.07, 6.45) is 3.34. The molecular weight excluding hydrogens is 266 g/mol. The van der Waals surface area contributed by atoms with Gasteiger partial charge in [0.25, 0.3) is 0 Å². The number of benzene rings is 1. The van der Waals surface area contributed by atoms with Crippen molar-refractivity contribution < 1.29 is 9.26 Å². The minimum Gasteiger partial charge on any atom is -0.492 e. The molecule has 4 rings (SSSR count). The van der Waals surface area contributed by atoms with Gasteiger partial charge < -0.3 is 14.6 Å². The van der Waals surface area contributed by atoms with Crippen LogP contribution in [0.3, 0.4) is 0 Å². The molecule has 1 aromatic heterocycles. The Labute approximate surface area is 123 Å². The van der Waals surface area contributed by atoms with E-state index in [1.54, 1.807) is 0 Å². The van der Waals surface area contributed by atoms with Gasteiger partial charge >= 0.3 is 0 Å². The normalized spacial score (nSPS) is 24.6. The van der Waals surface area contributed by atoms with Crippen LogP contribution in [0.2, 0.25) is 0 Å². The van der Waals surface area contributed by atoms with Crippen LogP contribution >= 0.6 is 0 Å². The molecule has 2 atom stereocenters. The van der Waals surface area contributed by atoms with Crippen LogP contribution in [-0.2, 0) is 6.42 Å². The lowest BCUT2D eigenvalue weighted by atomic mass is 9.96. The topological polar surface area (TPSA) is 60.2 Å². The third kappa shape index (κ3) is 2.53. The molecule has 5 nitrogen and oxygen atoms in total. The van der Waals surface area contributed by atoms with Gasteiger partial charge in [-0.15, -0.1) is 0 Å². The van der Waals surface area contributed by atoms with Crippen LogP contribution in [0.1, 0.15) is 36.0 Å². The highest BCUT2D eigenvalue weighted by atomic mass is 16.5. The second-order valence-electron chi connectivity index (χ2n) is 5.86. The molecule has 0 spiro atoms. The van der Waals surface area contributed by atoms with Crippen LogP contribution in [0.4, 0.5) is 0 Å². The lowest BCUT2D eigenvalue weighted by Gasteiger charge is -2.20. The van der Waals surface area contributed by atoms with Crippen molar-refractivity contribution in [2.45, 2.75) is 25.2 Å². The first-order chi connectivity index (χ1) is 10.4. The SMILES string of the molecule is c1ccc2c(c1)OCC2c1noc(CC2CCCNC2)n1. The molecule has 0 radical (unpaired) electrons. The molecule has 5 heteroatoms. The van der Waals surface area contributed by atoms with Crippen LogP contribution in [0.25, 0.3) is 0 Å². The van der Waals surface area contributed by atoms with Crippen molar-refractivity contribution in [3.05, 3.63) is 41.5 Å². The molecule has 2 aliphatic heterocycles. The molecule has 1 fully saturated rings. The van der Waals surface area contributed by atoms with Crippen LogP contribution in [0.5, 0.6) is 5.75 Å². The third-order valence-electron chi connectivity index (χ3n) is 4.36. The van der Waals surface area contributed by atoms with Gasteiger partial charge in [-0.05, 0) is 37.9 Å². The maximum absolute atomic E-state index is 5.69. The van der Waals surface area contributed by atoms with E-state index >= 15 is 0 Å². The van der Waals surface area contributed by atoms with Crippen LogP contribution < -0.4 is 10.1 Å². The zero-order valence-electron chi connectivity index (χ0n) is 11.9. The fraction of sp³-hybridized carbons (Fsp3) is 0.500. The highest BCUT2D eigenvalue weighted by Gasteiger charge is 2.29. The molecule has 0 aliphatic carbocycles. The second kappa shape index (κ2) is 5.48. The number of piperidine rings is 1. The summed E-state index contributed by atoms with van der Waals surface area (Å²) in [5, 5.41) is 7.60. The third-order valence-corrected chi connectivity index (χ3v) is 4.36. The van der Waals surface area contributed by atoms with Gasteiger partial charge in [-0.3, -0.25) is 0 Å². The van der Waals surface area contributed by atoms with E-state index in [0.717, 1.165) is 42.5 Å². The standard InChI is InChI=1S/C16H19N3O2/c1-2-6-14-12(5-1)13(10-20-14)16-18-15(21-19-16)8-11-4-3-7-17-9-11/h1-2,5-6,11,13,17H,3-4,7-10H2. The van der Waals surface area contributed by atoms with Gasteiger partial charge in [0.1, 0.15) is 12.4 Å². The summed E-state index contributed by atoms with van der Waals surface area (Å²) in [4.78, 5) is 4.60. The number of rotatable bonds is 3. The second-order valence-corrected chi connectivity index (χ2v) is 5.86. The van der Waals surface area contributed by atoms with Gasteiger partial charge in [0, 0.05) is 12.0 Å². The van der Waals surface area contributed by atoms with Crippen molar-refractivity contribution >= 4 is 0 Å². The quantitative estimate of drug-likeness (QED) is 0.936. The molecule has 2 unspecified atom stereocenters. The first-order valence-corrected chi connectivity index (χ1v) is 7.65. The number of hydrogen-bond donors (Lipinski definition) is 1. The molecule has 0 amide bonds. The van der Waals surface area contributed by atoms with E-state index < -0.39 is 0 Å². The lowest BCUT2D eigenvalue weighted by Crippen LogP contribution is -2.30. The number of aromatic nitrogens is 2. The maximum atomic E-state index is 5.69. The smallest absolute Gasteiger partial charge is 0.226 e. The van der Waals surface area contributed by atoms with E-state index in [1.165, 1.54) is 12.8 Å². The van der Waals surface area contributed by atoms with Gasteiger partial charge in [0.05, 0.1) is 5.92 Å². The molecule has 21 heavy (non-hydrogen) atoms. The van der Waals surface area contributed by atoms with E-state index in [0.29, 0.717) is 12.5 Å². The van der Waals surface area contributed by atoms with Gasteiger partial charge in [0.15, 0.2) is 5.82 Å². The number of fused-ring (bicyclic) bond motifs is 1. The van der Waals surface area contributed by atoms with Crippen molar-refractivity contribution in [1.82, 2.24) is 15.5 Å². The minimum atomic E-state index is 0.100. The Balaban J connectivity index is 1.50. The average Bonchev–Trinajstić information content (AvgIpc) is 3.14. The number of hydrogen-bond acceptors (Lipinski definition) is 5. The fourth-order valence-electron chi connectivity index (χ4n) is 3.21. The van der Waals surface area contributed by atoms with E-state index in [2.05, 4.69) is 21.5 Å². The highest BCUT2D eigenvalue weighted by molar-refractivity contribution is 5.42. The zero-order valence-corrected chi connectivity index (χ0v) is 11.9. The van der Waals surface area contributed by atoms with Crippen molar-refractivity contribution in [1.29, 1.82) is 0 Å². The summed E-state index contributed by atoms with van der Waals surface area (Å²) in [5.41, 5.74) is 1.16. The molecule has 2 aliphatic rings. The predicted octanol–water partition coefficient (Wildman–Crippen LogP) is 2.14. The van der Waals surface area contributed by atoms with E-state index in [1.807, 2.05) is 18.2 Å². The number of para-hydroxylation sites is 1. The molecule has 2 aromatic rings. The van der Waals surface area contributed by atoms with Crippen molar-refractivity contribution in [2.24, 2.45) is 5.92 Å². The minimum absolute atomic E-state index is 0.100. The highest BCUT2D eigenvalue weighted by Crippen LogP contribution is 2.36. The summed E-state index contributed by atoms with van der Waals surface area (Å²) < 4.78 is 11.1. The van der Waals surface area contributed by atoms with Crippen molar-refractivity contribution in [3.8, 4) is 5.75 Å². The molecule has 0 bridgehead atoms. The molecule has 1 saturated heterocycles. The maximum Gasteiger partial charge on any atom is 0.226 e. The summed E-state index contributed by atoms with van der Waals surface area (Å²) in [7, 11) is 0. The van der Waals surface area contributed by atoms with Crippen LogP contribution in [0.15, 0.2) is 28.8 Å². The molecule has 110 valence electrons. The van der Waals surface area contributed by atoms with Gasteiger partial charge in [-0.25, -0.2) is 0 Å². The summed E-state index contributed by atoms with van der Waals surface area (Å²) in [6, 6.07) is 8.08. The lowest BCUT2D eigenvalue weighted by molar-refractivity contribution is 0.310. The first-order valence-electron chi connectivity index (χ1n) is 7.65. The Morgan fingerprint density at radius 2 is 2.24 bits per heavy atom. The zero-order chi connectivity index (χ0) is 14.1. The van der Waals surface area contributed by atoms with Crippen molar-refractivity contribution in [2.75, 3.05) is 19.7 Å². The Morgan fingerprint density at radius 1 is 1.29 bits per heavy atom. The average molecular weight is 285 g/mol. The fourth-order valence-corrected chi connectivity index (χ4v) is 3.21. The summed E-state index contributed by atoms with van der Waals surface area (Å²) in [5.74, 6) is 3.15. The number of nitrogens with zero attached hydrogens (tertiary/aromatic N) is 2. The number of nitrogens with one attached hydrogen (secondary N) is 1. The van der Waals surface area contributed by atoms with Gasteiger partial charge in [-0.2, -0.15) is 4.98 Å². The largest absolute Gasteiger partial charge is 0.492 e. The monoisotopic (exact) mass is 285 g/mol. The molecular formula is C16H19N3O2. The van der Waals surface area contributed by atoms with Crippen molar-refractivity contribution in [3.63, 3.8) is 0 Å². The Hall–Kier alpha value is -1.88. The van der Waals surface area contributed by atoms with E-state index in [9.17, 15) is 0 Å². The molecule has 1 aromatic carbocycles. The van der Waals surface area contributed by atoms with E-state index in [4.69, 9.17) is 9.26 Å². The predicted molar refractivity (Wildman–Crippen MR) is 77.4 cm³/mol. The molecule has 1 N–H and O–H groups in total. The summed E-state index contributed by atoms with van der Waals surface area (Å²) in [6.45, 7) is 2.78. The first kappa shape index (κ1) is 12.8. The Kier molecular flexibility index (Phi) is 3.35. The number of ether oxygens (including phenoxy) is 1. The molecule has 0 saturated carbocycles. The summed E-state index contributed by atoms with van der Waals surface area (Å²) >= 11 is 0. The Bertz CT molecular complexity index is 619. The van der Waals surface area contributed by atoms with Crippen LogP contribution in [-0.4, -0.2) is 29.8 Å². The van der Waals surface area contributed by atoms with Gasteiger partial charge in [0.2, 0.25) is 5.89 Å². The molecule has 3 heterocycles. The van der Waals surface area contributed by atoms with E-state index in [-0.39, 0.29) is 5.92 Å². The van der Waals surface area contributed by atoms with Gasteiger partial charge in [-0.1, -0.05) is 23.4 Å². The van der Waals surface area contributed by atoms with Crippen LogP contribution in [0, 0.1) is 5.92 Å².